The topological polar surface area (TPSA) is 67.0 Å². The lowest BCUT2D eigenvalue weighted by Gasteiger charge is -2.12. The molecule has 4 aromatic rings. The fraction of sp³-hybridized carbons (Fsp3) is 0.250. The molecule has 0 saturated carbocycles. The van der Waals surface area contributed by atoms with E-state index in [9.17, 15) is 4.79 Å². The van der Waals surface area contributed by atoms with Crippen LogP contribution in [0.5, 0.6) is 0 Å². The lowest BCUT2D eigenvalue weighted by atomic mass is 10.0. The van der Waals surface area contributed by atoms with Gasteiger partial charge in [0.25, 0.3) is 5.91 Å². The average molecular weight is 385 g/mol. The molecule has 5 rings (SSSR count). The molecule has 3 heterocycles. The number of aromatic nitrogens is 2. The van der Waals surface area contributed by atoms with Crippen LogP contribution in [-0.4, -0.2) is 35.1 Å². The maximum Gasteiger partial charge on any atom is 0.270 e. The highest BCUT2D eigenvalue weighted by atomic mass is 16.5. The molecule has 29 heavy (non-hydrogen) atoms. The van der Waals surface area contributed by atoms with Crippen molar-refractivity contribution in [3.05, 3.63) is 65.9 Å². The first-order chi connectivity index (χ1) is 14.2. The number of nitrogens with one attached hydrogen (secondary N) is 2. The first-order valence-electron chi connectivity index (χ1n) is 10.1. The van der Waals surface area contributed by atoms with Gasteiger partial charge in [-0.3, -0.25) is 4.79 Å². The van der Waals surface area contributed by atoms with Gasteiger partial charge < -0.3 is 15.0 Å². The predicted octanol–water partition coefficient (Wildman–Crippen LogP) is 4.60. The number of pyridine rings is 1. The third-order valence-corrected chi connectivity index (χ3v) is 5.64. The molecule has 1 fully saturated rings. The third kappa shape index (κ3) is 3.28. The second-order valence-electron chi connectivity index (χ2n) is 7.61. The molecule has 2 aromatic carbocycles. The molecule has 1 amide bonds. The molecule has 2 aromatic heterocycles. The van der Waals surface area contributed by atoms with E-state index in [0.717, 1.165) is 58.1 Å². The monoisotopic (exact) mass is 385 g/mol. The molecular weight excluding hydrogens is 362 g/mol. The Morgan fingerprint density at radius 2 is 2.00 bits per heavy atom. The number of hydrogen-bond acceptors (Lipinski definition) is 3. The first-order valence-corrected chi connectivity index (χ1v) is 10.1. The van der Waals surface area contributed by atoms with Gasteiger partial charge in [-0.25, -0.2) is 4.98 Å². The van der Waals surface area contributed by atoms with E-state index in [2.05, 4.69) is 35.4 Å². The summed E-state index contributed by atoms with van der Waals surface area (Å²) in [5.41, 5.74) is 5.37. The number of aryl methyl sites for hydroxylation is 1. The number of H-pyrrole nitrogens is 1. The number of rotatable bonds is 4. The summed E-state index contributed by atoms with van der Waals surface area (Å²) in [6.45, 7) is 3.36. The largest absolute Gasteiger partial charge is 0.376 e. The molecule has 146 valence electrons. The SMILES string of the molecule is Cc1ccccc1-c1nc(C(=O)NC[C@@H]2CCCO2)cc2c1[nH]c1ccccc12. The summed E-state index contributed by atoms with van der Waals surface area (Å²) >= 11 is 0. The zero-order valence-electron chi connectivity index (χ0n) is 16.4. The molecule has 5 heteroatoms. The molecule has 0 unspecified atom stereocenters. The van der Waals surface area contributed by atoms with Crippen molar-refractivity contribution in [1.29, 1.82) is 0 Å². The van der Waals surface area contributed by atoms with Crippen LogP contribution in [0.1, 0.15) is 28.9 Å². The van der Waals surface area contributed by atoms with Crippen LogP contribution in [0.25, 0.3) is 33.1 Å². The summed E-state index contributed by atoms with van der Waals surface area (Å²) in [5, 5.41) is 5.10. The molecule has 1 aliphatic heterocycles. The second-order valence-corrected chi connectivity index (χ2v) is 7.61. The lowest BCUT2D eigenvalue weighted by Crippen LogP contribution is -2.32. The van der Waals surface area contributed by atoms with Gasteiger partial charge in [-0.15, -0.1) is 0 Å². The molecule has 0 spiro atoms. The second kappa shape index (κ2) is 7.33. The van der Waals surface area contributed by atoms with Crippen LogP contribution in [0, 0.1) is 6.92 Å². The molecule has 2 N–H and O–H groups in total. The summed E-state index contributed by atoms with van der Waals surface area (Å²) in [6, 6.07) is 18.2. The zero-order chi connectivity index (χ0) is 19.8. The molecule has 0 radical (unpaired) electrons. The first kappa shape index (κ1) is 17.9. The number of aromatic amines is 1. The fourth-order valence-electron chi connectivity index (χ4n) is 4.10. The summed E-state index contributed by atoms with van der Waals surface area (Å²) in [6.07, 6.45) is 2.15. The van der Waals surface area contributed by atoms with E-state index in [-0.39, 0.29) is 12.0 Å². The van der Waals surface area contributed by atoms with Crippen LogP contribution >= 0.6 is 0 Å². The van der Waals surface area contributed by atoms with E-state index in [0.29, 0.717) is 12.2 Å². The van der Waals surface area contributed by atoms with Crippen LogP contribution < -0.4 is 5.32 Å². The van der Waals surface area contributed by atoms with Crippen LogP contribution in [0.3, 0.4) is 0 Å². The third-order valence-electron chi connectivity index (χ3n) is 5.64. The lowest BCUT2D eigenvalue weighted by molar-refractivity contribution is 0.0854. The van der Waals surface area contributed by atoms with Crippen molar-refractivity contribution in [2.75, 3.05) is 13.2 Å². The van der Waals surface area contributed by atoms with Crippen molar-refractivity contribution in [3.63, 3.8) is 0 Å². The minimum absolute atomic E-state index is 0.103. The van der Waals surface area contributed by atoms with Crippen molar-refractivity contribution in [2.24, 2.45) is 0 Å². The number of benzene rings is 2. The van der Waals surface area contributed by atoms with Crippen molar-refractivity contribution in [1.82, 2.24) is 15.3 Å². The highest BCUT2D eigenvalue weighted by Crippen LogP contribution is 2.33. The number of carbonyl (C=O) groups excluding carboxylic acids is 1. The molecule has 0 bridgehead atoms. The standard InChI is InChI=1S/C24H23N3O2/c1-15-7-2-3-9-17(15)22-23-19(18-10-4-5-11-20(18)26-23)13-21(27-22)24(28)25-14-16-8-6-12-29-16/h2-5,7,9-11,13,16,26H,6,8,12,14H2,1H3,(H,25,28)/t16-/m0/s1. The van der Waals surface area contributed by atoms with Crippen molar-refractivity contribution < 1.29 is 9.53 Å². The van der Waals surface area contributed by atoms with Crippen LogP contribution in [0.4, 0.5) is 0 Å². The maximum absolute atomic E-state index is 12.9. The number of fused-ring (bicyclic) bond motifs is 3. The summed E-state index contributed by atoms with van der Waals surface area (Å²) in [4.78, 5) is 21.2. The molecule has 1 saturated heterocycles. The van der Waals surface area contributed by atoms with Crippen LogP contribution in [-0.2, 0) is 4.74 Å². The maximum atomic E-state index is 12.9. The number of hydrogen-bond donors (Lipinski definition) is 2. The Bertz CT molecular complexity index is 1210. The Balaban J connectivity index is 1.63. The molecular formula is C24H23N3O2. The van der Waals surface area contributed by atoms with Gasteiger partial charge in [-0.05, 0) is 37.5 Å². The van der Waals surface area contributed by atoms with Crippen molar-refractivity contribution in [3.8, 4) is 11.3 Å². The zero-order valence-corrected chi connectivity index (χ0v) is 16.4. The van der Waals surface area contributed by atoms with Gasteiger partial charge in [0.1, 0.15) is 5.69 Å². The smallest absolute Gasteiger partial charge is 0.270 e. The van der Waals surface area contributed by atoms with E-state index in [1.807, 2.05) is 36.4 Å². The highest BCUT2D eigenvalue weighted by Gasteiger charge is 2.20. The molecule has 1 aliphatic rings. The molecule has 0 aliphatic carbocycles. The average Bonchev–Trinajstić information content (AvgIpc) is 3.39. The van der Waals surface area contributed by atoms with Gasteiger partial charge in [0, 0.05) is 35.0 Å². The van der Waals surface area contributed by atoms with E-state index in [1.165, 1.54) is 0 Å². The molecule has 1 atom stereocenters. The minimum Gasteiger partial charge on any atom is -0.376 e. The molecule has 5 nitrogen and oxygen atoms in total. The van der Waals surface area contributed by atoms with Gasteiger partial charge >= 0.3 is 0 Å². The summed E-state index contributed by atoms with van der Waals surface area (Å²) in [7, 11) is 0. The van der Waals surface area contributed by atoms with Crippen LogP contribution in [0.2, 0.25) is 0 Å². The summed E-state index contributed by atoms with van der Waals surface area (Å²) in [5.74, 6) is -0.164. The Morgan fingerprint density at radius 3 is 2.83 bits per heavy atom. The van der Waals surface area contributed by atoms with E-state index >= 15 is 0 Å². The van der Waals surface area contributed by atoms with Crippen molar-refractivity contribution >= 4 is 27.7 Å². The van der Waals surface area contributed by atoms with Gasteiger partial charge in [-0.2, -0.15) is 0 Å². The fourth-order valence-corrected chi connectivity index (χ4v) is 4.10. The van der Waals surface area contributed by atoms with E-state index < -0.39 is 0 Å². The number of para-hydroxylation sites is 1. The Morgan fingerprint density at radius 1 is 1.17 bits per heavy atom. The number of ether oxygens (including phenoxy) is 1. The van der Waals surface area contributed by atoms with Gasteiger partial charge in [0.05, 0.1) is 17.3 Å². The van der Waals surface area contributed by atoms with Gasteiger partial charge in [0.15, 0.2) is 0 Å². The Hall–Kier alpha value is -3.18. The highest BCUT2D eigenvalue weighted by molar-refractivity contribution is 6.13. The summed E-state index contributed by atoms with van der Waals surface area (Å²) < 4.78 is 5.62. The van der Waals surface area contributed by atoms with Crippen molar-refractivity contribution in [2.45, 2.75) is 25.9 Å². The minimum atomic E-state index is -0.164. The van der Waals surface area contributed by atoms with E-state index in [4.69, 9.17) is 9.72 Å². The van der Waals surface area contributed by atoms with Crippen LogP contribution in [0.15, 0.2) is 54.6 Å². The Labute approximate surface area is 169 Å². The number of carbonyl (C=O) groups is 1. The Kier molecular flexibility index (Phi) is 4.52. The van der Waals surface area contributed by atoms with Gasteiger partial charge in [0.2, 0.25) is 0 Å². The van der Waals surface area contributed by atoms with Gasteiger partial charge in [-0.1, -0.05) is 42.5 Å². The quantitative estimate of drug-likeness (QED) is 0.539. The number of nitrogens with zero attached hydrogens (tertiary/aromatic N) is 1. The normalized spacial score (nSPS) is 16.5. The predicted molar refractivity (Wildman–Crippen MR) is 115 cm³/mol. The number of amides is 1. The van der Waals surface area contributed by atoms with E-state index in [1.54, 1.807) is 0 Å².